The van der Waals surface area contributed by atoms with E-state index in [0.717, 1.165) is 37.3 Å². The molecule has 0 spiro atoms. The average molecular weight is 334 g/mol. The molecule has 1 aliphatic rings. The van der Waals surface area contributed by atoms with Crippen LogP contribution < -0.4 is 4.90 Å². The summed E-state index contributed by atoms with van der Waals surface area (Å²) >= 11 is 0. The first-order valence-corrected chi connectivity index (χ1v) is 8.91. The quantitative estimate of drug-likeness (QED) is 0.743. The molecule has 3 heteroatoms. The minimum Gasteiger partial charge on any atom is -0.378 e. The number of Topliss-reactive ketones (excluding diaryl/α,β-unsaturated/α-hetero) is 1. The maximum absolute atomic E-state index is 12.4. The van der Waals surface area contributed by atoms with E-state index in [9.17, 15) is 4.79 Å². The van der Waals surface area contributed by atoms with Crippen molar-refractivity contribution in [2.24, 2.45) is 0 Å². The SMILES string of the molecule is CN(C)c1ccc(C(=O)CCN2CC=C(c3ccccc3)CC2)cc1. The monoisotopic (exact) mass is 334 g/mol. The number of carbonyl (C=O) groups excluding carboxylic acids is 1. The third-order valence-electron chi connectivity index (χ3n) is 4.80. The zero-order valence-electron chi connectivity index (χ0n) is 15.1. The molecule has 3 nitrogen and oxygen atoms in total. The third kappa shape index (κ3) is 4.58. The van der Waals surface area contributed by atoms with Crippen LogP contribution in [0, 0.1) is 0 Å². The van der Waals surface area contributed by atoms with Crippen LogP contribution in [-0.4, -0.2) is 44.4 Å². The van der Waals surface area contributed by atoms with Crippen molar-refractivity contribution in [1.82, 2.24) is 4.90 Å². The topological polar surface area (TPSA) is 23.6 Å². The fourth-order valence-electron chi connectivity index (χ4n) is 3.18. The van der Waals surface area contributed by atoms with Crippen LogP contribution in [0.1, 0.15) is 28.8 Å². The standard InChI is InChI=1S/C22H26N2O/c1-23(2)21-10-8-20(9-11-21)22(25)14-17-24-15-12-19(13-16-24)18-6-4-3-5-7-18/h3-12H,13-17H2,1-2H3. The maximum Gasteiger partial charge on any atom is 0.164 e. The average Bonchev–Trinajstić information content (AvgIpc) is 2.67. The Kier molecular flexibility index (Phi) is 5.67. The Bertz CT molecular complexity index is 732. The van der Waals surface area contributed by atoms with Crippen molar-refractivity contribution < 1.29 is 4.79 Å². The molecule has 2 aromatic carbocycles. The van der Waals surface area contributed by atoms with E-state index in [1.165, 1.54) is 11.1 Å². The summed E-state index contributed by atoms with van der Waals surface area (Å²) in [5, 5.41) is 0. The van der Waals surface area contributed by atoms with E-state index in [-0.39, 0.29) is 5.78 Å². The maximum atomic E-state index is 12.4. The van der Waals surface area contributed by atoms with Crippen LogP contribution in [0.25, 0.3) is 5.57 Å². The molecule has 0 saturated heterocycles. The largest absolute Gasteiger partial charge is 0.378 e. The molecular formula is C22H26N2O. The van der Waals surface area contributed by atoms with E-state index in [1.807, 2.05) is 43.3 Å². The van der Waals surface area contributed by atoms with E-state index < -0.39 is 0 Å². The third-order valence-corrected chi connectivity index (χ3v) is 4.80. The summed E-state index contributed by atoms with van der Waals surface area (Å²) in [6, 6.07) is 18.4. The van der Waals surface area contributed by atoms with Gasteiger partial charge in [0.15, 0.2) is 5.78 Å². The van der Waals surface area contributed by atoms with Crippen molar-refractivity contribution in [1.29, 1.82) is 0 Å². The van der Waals surface area contributed by atoms with E-state index in [1.54, 1.807) is 0 Å². The van der Waals surface area contributed by atoms with Crippen LogP contribution in [0.4, 0.5) is 5.69 Å². The summed E-state index contributed by atoms with van der Waals surface area (Å²) in [7, 11) is 4.01. The van der Waals surface area contributed by atoms with Gasteiger partial charge in [0.05, 0.1) is 0 Å². The zero-order valence-corrected chi connectivity index (χ0v) is 15.1. The Morgan fingerprint density at radius 1 is 1.04 bits per heavy atom. The molecule has 0 bridgehead atoms. The fourth-order valence-corrected chi connectivity index (χ4v) is 3.18. The first-order valence-electron chi connectivity index (χ1n) is 8.91. The van der Waals surface area contributed by atoms with Crippen molar-refractivity contribution in [2.75, 3.05) is 38.6 Å². The van der Waals surface area contributed by atoms with Crippen molar-refractivity contribution in [3.63, 3.8) is 0 Å². The Morgan fingerprint density at radius 2 is 1.76 bits per heavy atom. The molecule has 25 heavy (non-hydrogen) atoms. The number of ketones is 1. The van der Waals surface area contributed by atoms with Crippen molar-refractivity contribution in [2.45, 2.75) is 12.8 Å². The summed E-state index contributed by atoms with van der Waals surface area (Å²) in [5.41, 5.74) is 4.66. The Morgan fingerprint density at radius 3 is 2.36 bits per heavy atom. The van der Waals surface area contributed by atoms with Gasteiger partial charge in [0.25, 0.3) is 0 Å². The predicted octanol–water partition coefficient (Wildman–Crippen LogP) is 4.11. The highest BCUT2D eigenvalue weighted by molar-refractivity contribution is 5.96. The van der Waals surface area contributed by atoms with Gasteiger partial charge in [-0.1, -0.05) is 36.4 Å². The lowest BCUT2D eigenvalue weighted by molar-refractivity contribution is 0.0966. The molecular weight excluding hydrogens is 308 g/mol. The lowest BCUT2D eigenvalue weighted by atomic mass is 9.99. The molecule has 0 fully saturated rings. The van der Waals surface area contributed by atoms with Crippen molar-refractivity contribution in [3.05, 3.63) is 71.8 Å². The Balaban J connectivity index is 1.51. The molecule has 0 saturated carbocycles. The smallest absolute Gasteiger partial charge is 0.164 e. The van der Waals surface area contributed by atoms with E-state index in [0.29, 0.717) is 6.42 Å². The van der Waals surface area contributed by atoms with Gasteiger partial charge in [0.1, 0.15) is 0 Å². The van der Waals surface area contributed by atoms with Crippen LogP contribution in [0.2, 0.25) is 0 Å². The number of hydrogen-bond donors (Lipinski definition) is 0. The highest BCUT2D eigenvalue weighted by Crippen LogP contribution is 2.22. The predicted molar refractivity (Wildman–Crippen MR) is 105 cm³/mol. The fraction of sp³-hybridized carbons (Fsp3) is 0.318. The van der Waals surface area contributed by atoms with Crippen LogP contribution in [0.3, 0.4) is 0 Å². The molecule has 0 atom stereocenters. The number of hydrogen-bond acceptors (Lipinski definition) is 3. The zero-order chi connectivity index (χ0) is 17.6. The van der Waals surface area contributed by atoms with E-state index in [2.05, 4.69) is 41.3 Å². The van der Waals surface area contributed by atoms with Crippen LogP contribution in [0.15, 0.2) is 60.7 Å². The summed E-state index contributed by atoms with van der Waals surface area (Å²) in [4.78, 5) is 16.8. The molecule has 1 heterocycles. The van der Waals surface area contributed by atoms with Crippen molar-refractivity contribution in [3.8, 4) is 0 Å². The summed E-state index contributed by atoms with van der Waals surface area (Å²) in [6.07, 6.45) is 3.93. The minimum atomic E-state index is 0.225. The number of carbonyl (C=O) groups is 1. The van der Waals surface area contributed by atoms with Gasteiger partial charge in [-0.3, -0.25) is 9.69 Å². The lowest BCUT2D eigenvalue weighted by Gasteiger charge is -2.26. The molecule has 3 rings (SSSR count). The second-order valence-electron chi connectivity index (χ2n) is 6.76. The first-order chi connectivity index (χ1) is 12.1. The van der Waals surface area contributed by atoms with Gasteiger partial charge in [-0.05, 0) is 41.8 Å². The van der Waals surface area contributed by atoms with Crippen LogP contribution in [-0.2, 0) is 0 Å². The van der Waals surface area contributed by atoms with Gasteiger partial charge in [0.2, 0.25) is 0 Å². The molecule has 0 N–H and O–H groups in total. The first kappa shape index (κ1) is 17.4. The molecule has 0 aliphatic carbocycles. The molecule has 0 amide bonds. The molecule has 0 radical (unpaired) electrons. The summed E-state index contributed by atoms with van der Waals surface area (Å²) in [5.74, 6) is 0.225. The van der Waals surface area contributed by atoms with Gasteiger partial charge in [-0.15, -0.1) is 0 Å². The molecule has 0 unspecified atom stereocenters. The normalized spacial score (nSPS) is 14.9. The lowest BCUT2D eigenvalue weighted by Crippen LogP contribution is -2.30. The molecule has 0 aromatic heterocycles. The Hall–Kier alpha value is -2.39. The van der Waals surface area contributed by atoms with Gasteiger partial charge in [0, 0.05) is 51.4 Å². The number of benzene rings is 2. The Labute approximate surface area is 150 Å². The molecule has 130 valence electrons. The van der Waals surface area contributed by atoms with Crippen LogP contribution >= 0.6 is 0 Å². The molecule has 1 aliphatic heterocycles. The second kappa shape index (κ2) is 8.13. The van der Waals surface area contributed by atoms with Gasteiger partial charge in [-0.2, -0.15) is 0 Å². The number of anilines is 1. The van der Waals surface area contributed by atoms with Crippen molar-refractivity contribution >= 4 is 17.0 Å². The van der Waals surface area contributed by atoms with E-state index in [4.69, 9.17) is 0 Å². The van der Waals surface area contributed by atoms with E-state index >= 15 is 0 Å². The van der Waals surface area contributed by atoms with Gasteiger partial charge in [-0.25, -0.2) is 0 Å². The minimum absolute atomic E-state index is 0.225. The van der Waals surface area contributed by atoms with Gasteiger partial charge < -0.3 is 4.90 Å². The highest BCUT2D eigenvalue weighted by atomic mass is 16.1. The highest BCUT2D eigenvalue weighted by Gasteiger charge is 2.14. The number of nitrogens with zero attached hydrogens (tertiary/aromatic N) is 2. The second-order valence-corrected chi connectivity index (χ2v) is 6.76. The van der Waals surface area contributed by atoms with Gasteiger partial charge >= 0.3 is 0 Å². The number of rotatable bonds is 6. The van der Waals surface area contributed by atoms with Crippen LogP contribution in [0.5, 0.6) is 0 Å². The molecule has 2 aromatic rings. The summed E-state index contributed by atoms with van der Waals surface area (Å²) in [6.45, 7) is 2.78. The summed E-state index contributed by atoms with van der Waals surface area (Å²) < 4.78 is 0.